The van der Waals surface area contributed by atoms with Gasteiger partial charge in [-0.3, -0.25) is 10.7 Å². The number of nitrogens with zero attached hydrogens (tertiary/aromatic N) is 3. The normalized spacial score (nSPS) is 21.6. The number of aromatic nitrogens is 2. The summed E-state index contributed by atoms with van der Waals surface area (Å²) in [6, 6.07) is 0.0680. The van der Waals surface area contributed by atoms with Crippen LogP contribution in [0.4, 0.5) is 0 Å². The molecule has 0 amide bonds. The van der Waals surface area contributed by atoms with E-state index < -0.39 is 0 Å². The van der Waals surface area contributed by atoms with E-state index in [2.05, 4.69) is 46.8 Å². The maximum absolute atomic E-state index is 5.90. The number of imidazole rings is 1. The third kappa shape index (κ3) is 2.90. The van der Waals surface area contributed by atoms with Crippen molar-refractivity contribution in [3.63, 3.8) is 0 Å². The minimum Gasteiger partial charge on any atom is -0.337 e. The van der Waals surface area contributed by atoms with E-state index in [0.717, 1.165) is 31.7 Å². The SMILES string of the molecule is CCn1cnc(C(NN)C(C)(CC)N2CCCCC2)c1. The van der Waals surface area contributed by atoms with Crippen LogP contribution < -0.4 is 11.3 Å². The van der Waals surface area contributed by atoms with Gasteiger partial charge in [-0.05, 0) is 46.2 Å². The lowest BCUT2D eigenvalue weighted by atomic mass is 9.84. The fraction of sp³-hybridized carbons (Fsp3) is 0.800. The number of likely N-dealkylation sites (tertiary alicyclic amines) is 1. The van der Waals surface area contributed by atoms with Gasteiger partial charge in [0.1, 0.15) is 0 Å². The van der Waals surface area contributed by atoms with Crippen LogP contribution in [0.2, 0.25) is 0 Å². The molecule has 2 atom stereocenters. The van der Waals surface area contributed by atoms with Gasteiger partial charge in [0.25, 0.3) is 0 Å². The monoisotopic (exact) mass is 279 g/mol. The van der Waals surface area contributed by atoms with Gasteiger partial charge >= 0.3 is 0 Å². The zero-order chi connectivity index (χ0) is 14.6. The van der Waals surface area contributed by atoms with Crippen molar-refractivity contribution < 1.29 is 0 Å². The van der Waals surface area contributed by atoms with Crippen LogP contribution in [-0.4, -0.2) is 33.1 Å². The first-order valence-corrected chi connectivity index (χ1v) is 7.88. The van der Waals surface area contributed by atoms with Crippen LogP contribution in [0.3, 0.4) is 0 Å². The van der Waals surface area contributed by atoms with Crippen LogP contribution in [0.1, 0.15) is 58.2 Å². The molecule has 1 aliphatic rings. The highest BCUT2D eigenvalue weighted by molar-refractivity contribution is 5.12. The minimum absolute atomic E-state index is 0.0160. The molecule has 1 saturated heterocycles. The number of rotatable bonds is 6. The first-order valence-electron chi connectivity index (χ1n) is 7.88. The molecule has 1 aromatic rings. The Labute approximate surface area is 122 Å². The Balaban J connectivity index is 2.25. The summed E-state index contributed by atoms with van der Waals surface area (Å²) in [5.74, 6) is 5.90. The molecule has 1 aliphatic heterocycles. The Hall–Kier alpha value is -0.910. The van der Waals surface area contributed by atoms with E-state index in [0.29, 0.717) is 0 Å². The van der Waals surface area contributed by atoms with Crippen LogP contribution in [-0.2, 0) is 6.54 Å². The smallest absolute Gasteiger partial charge is 0.0950 e. The van der Waals surface area contributed by atoms with Crippen molar-refractivity contribution in [2.45, 2.75) is 64.6 Å². The van der Waals surface area contributed by atoms with Crippen molar-refractivity contribution in [1.82, 2.24) is 19.9 Å². The zero-order valence-corrected chi connectivity index (χ0v) is 13.1. The first kappa shape index (κ1) is 15.5. The summed E-state index contributed by atoms with van der Waals surface area (Å²) in [6.45, 7) is 9.95. The molecule has 2 heterocycles. The first-order chi connectivity index (χ1) is 9.65. The van der Waals surface area contributed by atoms with E-state index in [1.54, 1.807) is 0 Å². The highest BCUT2D eigenvalue weighted by atomic mass is 15.3. The third-order valence-corrected chi connectivity index (χ3v) is 4.90. The van der Waals surface area contributed by atoms with Gasteiger partial charge in [-0.25, -0.2) is 10.4 Å². The van der Waals surface area contributed by atoms with E-state index in [1.165, 1.54) is 19.3 Å². The maximum Gasteiger partial charge on any atom is 0.0950 e. The summed E-state index contributed by atoms with van der Waals surface area (Å²) in [4.78, 5) is 7.15. The number of nitrogens with one attached hydrogen (secondary N) is 1. The van der Waals surface area contributed by atoms with Gasteiger partial charge in [-0.2, -0.15) is 0 Å². The lowest BCUT2D eigenvalue weighted by Gasteiger charge is -2.47. The molecule has 1 fully saturated rings. The summed E-state index contributed by atoms with van der Waals surface area (Å²) in [6.07, 6.45) is 8.99. The molecule has 114 valence electrons. The average Bonchev–Trinajstić information content (AvgIpc) is 2.97. The molecule has 0 aliphatic carbocycles. The van der Waals surface area contributed by atoms with Crippen LogP contribution >= 0.6 is 0 Å². The van der Waals surface area contributed by atoms with Crippen LogP contribution in [0.5, 0.6) is 0 Å². The van der Waals surface area contributed by atoms with E-state index in [-0.39, 0.29) is 11.6 Å². The highest BCUT2D eigenvalue weighted by Gasteiger charge is 2.40. The lowest BCUT2D eigenvalue weighted by Crippen LogP contribution is -2.57. The number of hydrogen-bond donors (Lipinski definition) is 2. The van der Waals surface area contributed by atoms with Gasteiger partial charge in [-0.1, -0.05) is 13.3 Å². The average molecular weight is 279 g/mol. The highest BCUT2D eigenvalue weighted by Crippen LogP contribution is 2.34. The number of hydrazine groups is 1. The second-order valence-electron chi connectivity index (χ2n) is 5.99. The van der Waals surface area contributed by atoms with Gasteiger partial charge < -0.3 is 4.57 Å². The second kappa shape index (κ2) is 6.70. The largest absolute Gasteiger partial charge is 0.337 e. The third-order valence-electron chi connectivity index (χ3n) is 4.90. The molecule has 3 N–H and O–H groups in total. The van der Waals surface area contributed by atoms with Gasteiger partial charge in [-0.15, -0.1) is 0 Å². The second-order valence-corrected chi connectivity index (χ2v) is 5.99. The number of hydrogen-bond acceptors (Lipinski definition) is 4. The Morgan fingerprint density at radius 3 is 2.55 bits per heavy atom. The standard InChI is InChI=1S/C15H29N5/c1-4-15(3,20-9-7-6-8-10-20)14(18-16)13-11-19(5-2)12-17-13/h11-12,14,18H,4-10,16H2,1-3H3. The minimum atomic E-state index is 0.0160. The van der Waals surface area contributed by atoms with Crippen LogP contribution in [0, 0.1) is 0 Å². The predicted molar refractivity (Wildman–Crippen MR) is 82.1 cm³/mol. The predicted octanol–water partition coefficient (Wildman–Crippen LogP) is 2.06. The van der Waals surface area contributed by atoms with Crippen molar-refractivity contribution in [2.24, 2.45) is 5.84 Å². The Bertz CT molecular complexity index is 410. The quantitative estimate of drug-likeness (QED) is 0.618. The van der Waals surface area contributed by atoms with Gasteiger partial charge in [0.05, 0.1) is 18.1 Å². The molecule has 0 aromatic carbocycles. The summed E-state index contributed by atoms with van der Waals surface area (Å²) >= 11 is 0. The topological polar surface area (TPSA) is 59.1 Å². The fourth-order valence-electron chi connectivity index (χ4n) is 3.30. The number of nitrogens with two attached hydrogens (primary N) is 1. The molecule has 5 nitrogen and oxygen atoms in total. The molecule has 2 rings (SSSR count). The molecule has 0 spiro atoms. The molecule has 0 bridgehead atoms. The summed E-state index contributed by atoms with van der Waals surface area (Å²) < 4.78 is 2.10. The Morgan fingerprint density at radius 1 is 1.35 bits per heavy atom. The zero-order valence-electron chi connectivity index (χ0n) is 13.1. The van der Waals surface area contributed by atoms with Crippen LogP contribution in [0.25, 0.3) is 0 Å². The number of piperidine rings is 1. The van der Waals surface area contributed by atoms with E-state index in [1.807, 2.05) is 6.33 Å². The molecule has 20 heavy (non-hydrogen) atoms. The molecular formula is C15H29N5. The summed E-state index contributed by atoms with van der Waals surface area (Å²) in [7, 11) is 0. The Kier molecular flexibility index (Phi) is 5.18. The van der Waals surface area contributed by atoms with Crippen molar-refractivity contribution in [3.05, 3.63) is 18.2 Å². The van der Waals surface area contributed by atoms with E-state index >= 15 is 0 Å². The van der Waals surface area contributed by atoms with E-state index in [9.17, 15) is 0 Å². The van der Waals surface area contributed by atoms with Crippen LogP contribution in [0.15, 0.2) is 12.5 Å². The van der Waals surface area contributed by atoms with Crippen molar-refractivity contribution >= 4 is 0 Å². The fourth-order valence-corrected chi connectivity index (χ4v) is 3.30. The molecule has 0 saturated carbocycles. The van der Waals surface area contributed by atoms with Gasteiger partial charge in [0.2, 0.25) is 0 Å². The van der Waals surface area contributed by atoms with Gasteiger partial charge in [0.15, 0.2) is 0 Å². The molecule has 5 heteroatoms. The van der Waals surface area contributed by atoms with Crippen molar-refractivity contribution in [1.29, 1.82) is 0 Å². The maximum atomic E-state index is 5.90. The van der Waals surface area contributed by atoms with Crippen molar-refractivity contribution in [3.8, 4) is 0 Å². The molecular weight excluding hydrogens is 250 g/mol. The Morgan fingerprint density at radius 2 is 2.05 bits per heavy atom. The van der Waals surface area contributed by atoms with E-state index in [4.69, 9.17) is 5.84 Å². The lowest BCUT2D eigenvalue weighted by molar-refractivity contribution is 0.0412. The molecule has 0 radical (unpaired) electrons. The number of aryl methyl sites for hydroxylation is 1. The summed E-state index contributed by atoms with van der Waals surface area (Å²) in [5, 5.41) is 0. The van der Waals surface area contributed by atoms with Crippen molar-refractivity contribution in [2.75, 3.05) is 13.1 Å². The molecule has 1 aromatic heterocycles. The molecule has 2 unspecified atom stereocenters. The van der Waals surface area contributed by atoms with Gasteiger partial charge in [0, 0.05) is 18.3 Å². The summed E-state index contributed by atoms with van der Waals surface area (Å²) in [5.41, 5.74) is 4.09.